The third kappa shape index (κ3) is 5.47. The number of hydrogen-bond acceptors (Lipinski definition) is 3. The summed E-state index contributed by atoms with van der Waals surface area (Å²) in [6.07, 6.45) is 0.0478. The van der Waals surface area contributed by atoms with E-state index in [4.69, 9.17) is 28.9 Å². The Hall–Kier alpha value is -2.57. The van der Waals surface area contributed by atoms with E-state index in [0.717, 1.165) is 0 Å². The second kappa shape index (κ2) is 9.22. The third-order valence-electron chi connectivity index (χ3n) is 3.59. The molecule has 0 bridgehead atoms. The van der Waals surface area contributed by atoms with Crippen LogP contribution < -0.4 is 16.4 Å². The first-order chi connectivity index (χ1) is 12.4. The molecule has 2 aromatic carbocycles. The number of benzene rings is 2. The zero-order valence-electron chi connectivity index (χ0n) is 13.7. The van der Waals surface area contributed by atoms with Gasteiger partial charge in [-0.25, -0.2) is 0 Å². The lowest BCUT2D eigenvalue weighted by Crippen LogP contribution is -2.49. The summed E-state index contributed by atoms with van der Waals surface area (Å²) >= 11 is 12.2. The van der Waals surface area contributed by atoms with Crippen molar-refractivity contribution in [1.29, 1.82) is 0 Å². The summed E-state index contributed by atoms with van der Waals surface area (Å²) in [6, 6.07) is 12.4. The molecule has 0 aliphatic heterocycles. The van der Waals surface area contributed by atoms with Crippen LogP contribution in [0.3, 0.4) is 0 Å². The molecule has 0 radical (unpaired) electrons. The molecule has 1 atom stereocenters. The maximum atomic E-state index is 12.1. The van der Waals surface area contributed by atoms with Crippen molar-refractivity contribution >= 4 is 40.9 Å². The first-order valence-corrected chi connectivity index (χ1v) is 8.49. The maximum Gasteiger partial charge on any atom is 0.251 e. The average molecular weight is 394 g/mol. The predicted octanol–water partition coefficient (Wildman–Crippen LogP) is 1.94. The van der Waals surface area contributed by atoms with E-state index in [0.29, 0.717) is 21.2 Å². The van der Waals surface area contributed by atoms with Gasteiger partial charge < -0.3 is 16.4 Å². The molecule has 0 aliphatic carbocycles. The number of hydrogen-bond donors (Lipinski definition) is 3. The van der Waals surface area contributed by atoms with Crippen LogP contribution in [-0.4, -0.2) is 30.3 Å². The summed E-state index contributed by atoms with van der Waals surface area (Å²) in [6.45, 7) is -0.298. The highest BCUT2D eigenvalue weighted by Crippen LogP contribution is 2.25. The van der Waals surface area contributed by atoms with Crippen LogP contribution in [0.1, 0.15) is 15.9 Å². The fraction of sp³-hybridized carbons (Fsp3) is 0.167. The molecule has 4 N–H and O–H groups in total. The largest absolute Gasteiger partial charge is 0.368 e. The van der Waals surface area contributed by atoms with Crippen LogP contribution in [0.5, 0.6) is 0 Å². The molecule has 0 aliphatic rings. The van der Waals surface area contributed by atoms with Crippen LogP contribution in [-0.2, 0) is 16.0 Å². The molecule has 0 unspecified atom stereocenters. The van der Waals surface area contributed by atoms with Gasteiger partial charge in [-0.3, -0.25) is 14.4 Å². The Morgan fingerprint density at radius 1 is 0.962 bits per heavy atom. The van der Waals surface area contributed by atoms with Gasteiger partial charge in [-0.05, 0) is 29.8 Å². The van der Waals surface area contributed by atoms with Gasteiger partial charge in [0.05, 0.1) is 6.54 Å². The van der Waals surface area contributed by atoms with Crippen LogP contribution >= 0.6 is 23.2 Å². The Morgan fingerprint density at radius 3 is 2.15 bits per heavy atom. The first-order valence-electron chi connectivity index (χ1n) is 7.73. The van der Waals surface area contributed by atoms with Gasteiger partial charge in [0, 0.05) is 22.0 Å². The van der Waals surface area contributed by atoms with Gasteiger partial charge in [0.15, 0.2) is 0 Å². The second-order valence-electron chi connectivity index (χ2n) is 5.48. The van der Waals surface area contributed by atoms with Crippen LogP contribution in [0.25, 0.3) is 0 Å². The molecule has 26 heavy (non-hydrogen) atoms. The smallest absolute Gasteiger partial charge is 0.251 e. The maximum absolute atomic E-state index is 12.1. The molecule has 2 aromatic rings. The highest BCUT2D eigenvalue weighted by Gasteiger charge is 2.21. The van der Waals surface area contributed by atoms with Crippen molar-refractivity contribution in [2.45, 2.75) is 12.5 Å². The number of carbonyl (C=O) groups excluding carboxylic acids is 3. The van der Waals surface area contributed by atoms with Crippen molar-refractivity contribution < 1.29 is 14.4 Å². The molecule has 0 saturated carbocycles. The van der Waals surface area contributed by atoms with Crippen molar-refractivity contribution in [3.63, 3.8) is 0 Å². The van der Waals surface area contributed by atoms with Gasteiger partial charge in [-0.15, -0.1) is 0 Å². The minimum Gasteiger partial charge on any atom is -0.368 e. The summed E-state index contributed by atoms with van der Waals surface area (Å²) < 4.78 is 0. The molecule has 6 nitrogen and oxygen atoms in total. The van der Waals surface area contributed by atoms with E-state index in [2.05, 4.69) is 10.6 Å². The number of carbonyl (C=O) groups is 3. The Labute approximate surface area is 160 Å². The number of primary amides is 1. The van der Waals surface area contributed by atoms with E-state index in [1.165, 1.54) is 0 Å². The van der Waals surface area contributed by atoms with E-state index in [1.54, 1.807) is 48.5 Å². The number of nitrogens with one attached hydrogen (secondary N) is 2. The van der Waals surface area contributed by atoms with Gasteiger partial charge >= 0.3 is 0 Å². The van der Waals surface area contributed by atoms with Crippen molar-refractivity contribution in [2.75, 3.05) is 6.54 Å². The molecule has 0 saturated heterocycles. The van der Waals surface area contributed by atoms with E-state index in [1.807, 2.05) is 0 Å². The lowest BCUT2D eigenvalue weighted by Gasteiger charge is -2.17. The molecular formula is C18H17Cl2N3O3. The number of nitrogens with two attached hydrogens (primary N) is 1. The SMILES string of the molecule is NC(=O)[C@H](Cc1c(Cl)cccc1Cl)NC(=O)CNC(=O)c1ccccc1. The van der Waals surface area contributed by atoms with Gasteiger partial charge in [0.2, 0.25) is 11.8 Å². The van der Waals surface area contributed by atoms with Gasteiger partial charge in [-0.2, -0.15) is 0 Å². The second-order valence-corrected chi connectivity index (χ2v) is 6.29. The highest BCUT2D eigenvalue weighted by atomic mass is 35.5. The average Bonchev–Trinajstić information content (AvgIpc) is 2.62. The van der Waals surface area contributed by atoms with Gasteiger partial charge in [0.25, 0.3) is 5.91 Å². The molecule has 0 heterocycles. The monoisotopic (exact) mass is 393 g/mol. The summed E-state index contributed by atoms with van der Waals surface area (Å²) in [7, 11) is 0. The van der Waals surface area contributed by atoms with Crippen molar-refractivity contribution in [1.82, 2.24) is 10.6 Å². The van der Waals surface area contributed by atoms with E-state index < -0.39 is 23.8 Å². The Morgan fingerprint density at radius 2 is 1.58 bits per heavy atom. The van der Waals surface area contributed by atoms with Crippen LogP contribution in [0.15, 0.2) is 48.5 Å². The summed E-state index contributed by atoms with van der Waals surface area (Å²) in [4.78, 5) is 35.6. The van der Waals surface area contributed by atoms with E-state index >= 15 is 0 Å². The zero-order valence-corrected chi connectivity index (χ0v) is 15.2. The first kappa shape index (κ1) is 19.8. The van der Waals surface area contributed by atoms with Crippen molar-refractivity contribution in [3.05, 3.63) is 69.7 Å². The molecule has 2 rings (SSSR count). The standard InChI is InChI=1S/C18H17Cl2N3O3/c19-13-7-4-8-14(20)12(13)9-15(17(21)25)23-16(24)10-22-18(26)11-5-2-1-3-6-11/h1-8,15H,9-10H2,(H2,21,25)(H,22,26)(H,23,24)/t15-/m0/s1. The third-order valence-corrected chi connectivity index (χ3v) is 4.30. The van der Waals surface area contributed by atoms with Crippen LogP contribution in [0.4, 0.5) is 0 Å². The van der Waals surface area contributed by atoms with E-state index in [-0.39, 0.29) is 13.0 Å². The predicted molar refractivity (Wildman–Crippen MR) is 100 cm³/mol. The molecule has 0 spiro atoms. The molecule has 3 amide bonds. The summed E-state index contributed by atoms with van der Waals surface area (Å²) in [5.74, 6) is -1.68. The normalized spacial score (nSPS) is 11.5. The number of amides is 3. The number of halogens is 2. The topological polar surface area (TPSA) is 101 Å². The fourth-order valence-corrected chi connectivity index (χ4v) is 2.80. The van der Waals surface area contributed by atoms with Crippen molar-refractivity contribution in [3.8, 4) is 0 Å². The van der Waals surface area contributed by atoms with Gasteiger partial charge in [-0.1, -0.05) is 47.5 Å². The summed E-state index contributed by atoms with van der Waals surface area (Å²) in [5, 5.41) is 5.70. The lowest BCUT2D eigenvalue weighted by molar-refractivity contribution is -0.126. The van der Waals surface area contributed by atoms with Gasteiger partial charge in [0.1, 0.15) is 6.04 Å². The minimum atomic E-state index is -1.01. The van der Waals surface area contributed by atoms with Crippen LogP contribution in [0, 0.1) is 0 Å². The van der Waals surface area contributed by atoms with E-state index in [9.17, 15) is 14.4 Å². The van der Waals surface area contributed by atoms with Crippen LogP contribution in [0.2, 0.25) is 10.0 Å². The molecule has 136 valence electrons. The zero-order chi connectivity index (χ0) is 19.1. The molecule has 0 fully saturated rings. The van der Waals surface area contributed by atoms with Crippen molar-refractivity contribution in [2.24, 2.45) is 5.73 Å². The number of rotatable bonds is 7. The molecule has 0 aromatic heterocycles. The quantitative estimate of drug-likeness (QED) is 0.669. The molecule has 8 heteroatoms. The molecular weight excluding hydrogens is 377 g/mol. The fourth-order valence-electron chi connectivity index (χ4n) is 2.25. The Balaban J connectivity index is 1.96. The Kier molecular flexibility index (Phi) is 7.00. The summed E-state index contributed by atoms with van der Waals surface area (Å²) in [5.41, 5.74) is 6.29. The Bertz CT molecular complexity index is 792. The lowest BCUT2D eigenvalue weighted by atomic mass is 10.1. The minimum absolute atomic E-state index is 0.0478. The highest BCUT2D eigenvalue weighted by molar-refractivity contribution is 6.36.